The smallest absolute Gasteiger partial charge is 0.387 e. The second-order valence-electron chi connectivity index (χ2n) is 9.79. The number of hydrogen-bond donors (Lipinski definition) is 0. The summed E-state index contributed by atoms with van der Waals surface area (Å²) in [4.78, 5) is 38.7. The number of pyridine rings is 1. The topological polar surface area (TPSA) is 83.8 Å². The van der Waals surface area contributed by atoms with Gasteiger partial charge in [0.1, 0.15) is 17.1 Å². The number of carbonyl (C=O) groups excluding carboxylic acids is 2. The molecule has 1 atom stereocenters. The van der Waals surface area contributed by atoms with Crippen molar-refractivity contribution in [2.75, 3.05) is 7.11 Å². The molecule has 0 bridgehead atoms. The largest absolute Gasteiger partial charge is 0.495 e. The number of nitrogens with zero attached hydrogens (tertiary/aromatic N) is 1. The van der Waals surface area contributed by atoms with Gasteiger partial charge in [-0.15, -0.1) is 0 Å². The van der Waals surface area contributed by atoms with Crippen molar-refractivity contribution in [1.29, 1.82) is 0 Å². The van der Waals surface area contributed by atoms with Crippen molar-refractivity contribution in [2.24, 2.45) is 0 Å². The van der Waals surface area contributed by atoms with Gasteiger partial charge in [0.2, 0.25) is 0 Å². The predicted molar refractivity (Wildman–Crippen MR) is 144 cm³/mol. The van der Waals surface area contributed by atoms with Gasteiger partial charge in [0, 0.05) is 28.6 Å². The van der Waals surface area contributed by atoms with Crippen molar-refractivity contribution in [3.05, 3.63) is 81.2 Å². The summed E-state index contributed by atoms with van der Waals surface area (Å²) >= 11 is 6.08. The number of alkyl halides is 2. The van der Waals surface area contributed by atoms with E-state index in [-0.39, 0.29) is 39.9 Å². The Hall–Kier alpha value is -3.72. The molecular weight excluding hydrogens is 532 g/mol. The fourth-order valence-corrected chi connectivity index (χ4v) is 4.22. The number of benzene rings is 2. The van der Waals surface area contributed by atoms with Crippen LogP contribution in [0.4, 0.5) is 8.78 Å². The van der Waals surface area contributed by atoms with Gasteiger partial charge in [0.25, 0.3) is 5.56 Å². The third-order valence-corrected chi connectivity index (χ3v) is 6.01. The van der Waals surface area contributed by atoms with Gasteiger partial charge in [-0.25, -0.2) is 4.79 Å². The molecule has 0 saturated heterocycles. The zero-order chi connectivity index (χ0) is 28.9. The Kier molecular flexibility index (Phi) is 9.50. The van der Waals surface area contributed by atoms with Gasteiger partial charge in [-0.2, -0.15) is 8.78 Å². The normalized spacial score (nSPS) is 12.2. The SMILES string of the molecule is CCC(C(=O)Cc1ccc(C(=O)OC(C)(C)C)cc1)n1cc(OC)c(-c2cc(Cl)ccc2OC(F)F)cc1=O. The van der Waals surface area contributed by atoms with E-state index in [1.54, 1.807) is 52.0 Å². The third-order valence-electron chi connectivity index (χ3n) is 5.77. The van der Waals surface area contributed by atoms with E-state index in [1.165, 1.54) is 42.1 Å². The Balaban J connectivity index is 1.90. The lowest BCUT2D eigenvalue weighted by Crippen LogP contribution is -2.30. The van der Waals surface area contributed by atoms with Crippen LogP contribution in [0.25, 0.3) is 11.1 Å². The number of rotatable bonds is 10. The van der Waals surface area contributed by atoms with Crippen LogP contribution < -0.4 is 15.0 Å². The van der Waals surface area contributed by atoms with Gasteiger partial charge in [0.05, 0.1) is 24.9 Å². The number of esters is 1. The molecule has 1 heterocycles. The van der Waals surface area contributed by atoms with Gasteiger partial charge < -0.3 is 18.8 Å². The number of Topliss-reactive ketones (excluding diaryl/α,β-unsaturated/α-hetero) is 1. The molecule has 0 N–H and O–H groups in total. The van der Waals surface area contributed by atoms with Gasteiger partial charge in [0.15, 0.2) is 5.78 Å². The standard InChI is InChI=1S/C29H30ClF2NO6/c1-6-22(23(34)13-17-7-9-18(10-8-17)27(36)39-29(2,3)4)33-16-25(37-5)21(15-26(33)35)20-14-19(30)11-12-24(20)38-28(31)32/h7-12,14-16,22,28H,6,13H2,1-5H3. The molecule has 0 aliphatic rings. The third kappa shape index (κ3) is 7.66. The number of hydrogen-bond acceptors (Lipinski definition) is 6. The van der Waals surface area contributed by atoms with Crippen molar-refractivity contribution in [3.8, 4) is 22.6 Å². The maximum Gasteiger partial charge on any atom is 0.387 e. The lowest BCUT2D eigenvalue weighted by atomic mass is 9.99. The Morgan fingerprint density at radius 3 is 2.21 bits per heavy atom. The molecule has 3 aromatic rings. The number of ketones is 1. The average molecular weight is 562 g/mol. The molecule has 39 heavy (non-hydrogen) atoms. The Labute approximate surface area is 230 Å². The highest BCUT2D eigenvalue weighted by Crippen LogP contribution is 2.38. The average Bonchev–Trinajstić information content (AvgIpc) is 2.85. The summed E-state index contributed by atoms with van der Waals surface area (Å²) in [6.07, 6.45) is 1.71. The van der Waals surface area contributed by atoms with E-state index in [4.69, 9.17) is 21.1 Å². The van der Waals surface area contributed by atoms with Crippen LogP contribution >= 0.6 is 11.6 Å². The highest BCUT2D eigenvalue weighted by atomic mass is 35.5. The second kappa shape index (κ2) is 12.4. The first kappa shape index (κ1) is 29.8. The van der Waals surface area contributed by atoms with E-state index in [1.807, 2.05) is 0 Å². The lowest BCUT2D eigenvalue weighted by molar-refractivity contribution is -0.121. The minimum atomic E-state index is -3.09. The molecular formula is C29H30ClF2NO6. The van der Waals surface area contributed by atoms with Crippen molar-refractivity contribution in [3.63, 3.8) is 0 Å². The van der Waals surface area contributed by atoms with Crippen molar-refractivity contribution >= 4 is 23.4 Å². The highest BCUT2D eigenvalue weighted by Gasteiger charge is 2.24. The molecule has 0 aliphatic carbocycles. The van der Waals surface area contributed by atoms with Gasteiger partial charge in [-0.05, 0) is 63.1 Å². The van der Waals surface area contributed by atoms with Crippen LogP contribution in [-0.2, 0) is 16.0 Å². The van der Waals surface area contributed by atoms with Crippen molar-refractivity contribution < 1.29 is 32.6 Å². The Morgan fingerprint density at radius 1 is 1.00 bits per heavy atom. The Bertz CT molecular complexity index is 1400. The fraction of sp³-hybridized carbons (Fsp3) is 0.345. The van der Waals surface area contributed by atoms with Crippen LogP contribution in [0, 0.1) is 0 Å². The lowest BCUT2D eigenvalue weighted by Gasteiger charge is -2.21. The summed E-state index contributed by atoms with van der Waals surface area (Å²) in [6, 6.07) is 11.0. The summed E-state index contributed by atoms with van der Waals surface area (Å²) in [6.45, 7) is 4.01. The van der Waals surface area contributed by atoms with Crippen LogP contribution in [0.3, 0.4) is 0 Å². The van der Waals surface area contributed by atoms with Crippen LogP contribution in [0.15, 0.2) is 59.5 Å². The molecule has 7 nitrogen and oxygen atoms in total. The van der Waals surface area contributed by atoms with E-state index in [9.17, 15) is 23.2 Å². The second-order valence-corrected chi connectivity index (χ2v) is 10.2. The maximum absolute atomic E-state index is 13.3. The van der Waals surface area contributed by atoms with Crippen molar-refractivity contribution in [1.82, 2.24) is 4.57 Å². The van der Waals surface area contributed by atoms with Gasteiger partial charge >= 0.3 is 12.6 Å². The van der Waals surface area contributed by atoms with Crippen molar-refractivity contribution in [2.45, 2.75) is 58.8 Å². The zero-order valence-corrected chi connectivity index (χ0v) is 23.1. The minimum absolute atomic E-state index is 0.0181. The predicted octanol–water partition coefficient (Wildman–Crippen LogP) is 6.50. The molecule has 2 aromatic carbocycles. The first-order chi connectivity index (χ1) is 18.3. The molecule has 0 fully saturated rings. The molecule has 0 saturated carbocycles. The summed E-state index contributed by atoms with van der Waals surface area (Å²) in [5, 5.41) is 0.247. The van der Waals surface area contributed by atoms with Crippen LogP contribution in [-0.4, -0.2) is 35.6 Å². The molecule has 1 unspecified atom stereocenters. The first-order valence-electron chi connectivity index (χ1n) is 12.2. The molecule has 0 spiro atoms. The quantitative estimate of drug-likeness (QED) is 0.263. The molecule has 1 aromatic heterocycles. The summed E-state index contributed by atoms with van der Waals surface area (Å²) in [7, 11) is 1.36. The van der Waals surface area contributed by atoms with E-state index in [0.717, 1.165) is 0 Å². The zero-order valence-electron chi connectivity index (χ0n) is 22.3. The molecule has 0 amide bonds. The van der Waals surface area contributed by atoms with Crippen LogP contribution in [0.2, 0.25) is 5.02 Å². The first-order valence-corrected chi connectivity index (χ1v) is 12.6. The highest BCUT2D eigenvalue weighted by molar-refractivity contribution is 6.31. The molecule has 0 radical (unpaired) electrons. The summed E-state index contributed by atoms with van der Waals surface area (Å²) < 4.78 is 42.6. The number of carbonyl (C=O) groups is 2. The minimum Gasteiger partial charge on any atom is -0.495 e. The van der Waals surface area contributed by atoms with E-state index >= 15 is 0 Å². The van der Waals surface area contributed by atoms with Crippen LogP contribution in [0.1, 0.15) is 56.1 Å². The van der Waals surface area contributed by atoms with E-state index in [2.05, 4.69) is 4.74 Å². The molecule has 0 aliphatic heterocycles. The summed E-state index contributed by atoms with van der Waals surface area (Å²) in [5.41, 5.74) is 0.198. The maximum atomic E-state index is 13.3. The van der Waals surface area contributed by atoms with Gasteiger partial charge in [-0.1, -0.05) is 30.7 Å². The molecule has 208 valence electrons. The number of ether oxygens (including phenoxy) is 3. The monoisotopic (exact) mass is 561 g/mol. The van der Waals surface area contributed by atoms with E-state index in [0.29, 0.717) is 17.5 Å². The number of methoxy groups -OCH3 is 1. The summed E-state index contributed by atoms with van der Waals surface area (Å²) in [5.74, 6) is -0.706. The van der Waals surface area contributed by atoms with Crippen LogP contribution in [0.5, 0.6) is 11.5 Å². The number of halogens is 3. The van der Waals surface area contributed by atoms with E-state index < -0.39 is 29.8 Å². The molecule has 10 heteroatoms. The van der Waals surface area contributed by atoms with Gasteiger partial charge in [-0.3, -0.25) is 9.59 Å². The fourth-order valence-electron chi connectivity index (χ4n) is 4.05. The Morgan fingerprint density at radius 2 is 1.64 bits per heavy atom. The molecule has 3 rings (SSSR count). The number of aromatic nitrogens is 1.